The maximum atomic E-state index is 11.6. The number of amides is 1. The largest absolute Gasteiger partial charge is 0.365 e. The van der Waals surface area contributed by atoms with Gasteiger partial charge in [0.15, 0.2) is 0 Å². The number of likely N-dealkylation sites (tertiary alicyclic amines) is 1. The molecule has 0 bridgehead atoms. The molecule has 8 nitrogen and oxygen atoms in total. The van der Waals surface area contributed by atoms with Crippen molar-refractivity contribution in [3.05, 3.63) is 56.9 Å². The fraction of sp³-hybridized carbons (Fsp3) is 0.474. The second-order valence-electron chi connectivity index (χ2n) is 7.44. The maximum Gasteiger partial charge on any atom is 0.273 e. The van der Waals surface area contributed by atoms with Crippen molar-refractivity contribution in [2.24, 2.45) is 5.73 Å². The first-order chi connectivity index (χ1) is 12.9. The van der Waals surface area contributed by atoms with Crippen molar-refractivity contribution in [2.45, 2.75) is 45.1 Å². The molecule has 2 aromatic rings. The van der Waals surface area contributed by atoms with Gasteiger partial charge in [-0.25, -0.2) is 0 Å². The predicted octanol–water partition coefficient (Wildman–Crippen LogP) is 2.92. The summed E-state index contributed by atoms with van der Waals surface area (Å²) in [6.07, 6.45) is 3.41. The zero-order chi connectivity index (χ0) is 19.6. The lowest BCUT2D eigenvalue weighted by atomic mass is 9.92. The van der Waals surface area contributed by atoms with E-state index in [2.05, 4.69) is 15.1 Å². The molecule has 0 unspecified atom stereocenters. The summed E-state index contributed by atoms with van der Waals surface area (Å²) in [5.74, 6) is -0.226. The van der Waals surface area contributed by atoms with E-state index >= 15 is 0 Å². The molecule has 27 heavy (non-hydrogen) atoms. The summed E-state index contributed by atoms with van der Waals surface area (Å²) in [5.41, 5.74) is 8.52. The van der Waals surface area contributed by atoms with E-state index < -0.39 is 5.91 Å². The Balaban J connectivity index is 1.76. The van der Waals surface area contributed by atoms with Crippen LogP contribution < -0.4 is 5.73 Å². The monoisotopic (exact) mass is 371 g/mol. The summed E-state index contributed by atoms with van der Waals surface area (Å²) < 4.78 is 0. The summed E-state index contributed by atoms with van der Waals surface area (Å²) >= 11 is 0. The number of H-pyrrole nitrogens is 1. The fourth-order valence-corrected chi connectivity index (χ4v) is 3.83. The van der Waals surface area contributed by atoms with Gasteiger partial charge in [0.1, 0.15) is 0 Å². The van der Waals surface area contributed by atoms with Gasteiger partial charge in [0.05, 0.1) is 22.4 Å². The minimum Gasteiger partial charge on any atom is -0.365 e. The van der Waals surface area contributed by atoms with Crippen LogP contribution in [0.25, 0.3) is 0 Å². The predicted molar refractivity (Wildman–Crippen MR) is 102 cm³/mol. The lowest BCUT2D eigenvalue weighted by Gasteiger charge is -2.32. The quantitative estimate of drug-likeness (QED) is 0.598. The van der Waals surface area contributed by atoms with Gasteiger partial charge in [-0.2, -0.15) is 5.10 Å². The summed E-state index contributed by atoms with van der Waals surface area (Å²) in [6.45, 7) is 6.21. The summed E-state index contributed by atoms with van der Waals surface area (Å²) in [4.78, 5) is 24.9. The topological polar surface area (TPSA) is 118 Å². The van der Waals surface area contributed by atoms with Crippen molar-refractivity contribution in [1.82, 2.24) is 15.1 Å². The Hall–Kier alpha value is -2.74. The van der Waals surface area contributed by atoms with Crippen LogP contribution in [-0.2, 0) is 6.54 Å². The Morgan fingerprint density at radius 2 is 2.26 bits per heavy atom. The minimum absolute atomic E-state index is 0.103. The van der Waals surface area contributed by atoms with Gasteiger partial charge >= 0.3 is 0 Å². The first-order valence-corrected chi connectivity index (χ1v) is 9.19. The molecular formula is C19H25N5O3. The molecule has 1 aliphatic rings. The van der Waals surface area contributed by atoms with Gasteiger partial charge in [0, 0.05) is 30.6 Å². The van der Waals surface area contributed by atoms with Crippen molar-refractivity contribution >= 4 is 11.6 Å². The third-order valence-corrected chi connectivity index (χ3v) is 5.17. The highest BCUT2D eigenvalue weighted by atomic mass is 16.6. The molecule has 2 heterocycles. The highest BCUT2D eigenvalue weighted by Gasteiger charge is 2.26. The average Bonchev–Trinajstić information content (AvgIpc) is 3.12. The number of nitro benzene ring substituents is 1. The molecule has 8 heteroatoms. The SMILES string of the molecule is CC(C)c1ccc(CN2CCC[C@H](c3[nH]ncc3C(N)=O)C2)cc1[N+](=O)[O-]. The molecule has 1 atom stereocenters. The Morgan fingerprint density at radius 3 is 2.93 bits per heavy atom. The van der Waals surface area contributed by atoms with Crippen molar-refractivity contribution in [3.63, 3.8) is 0 Å². The molecule has 3 N–H and O–H groups in total. The van der Waals surface area contributed by atoms with Crippen LogP contribution >= 0.6 is 0 Å². The van der Waals surface area contributed by atoms with Crippen molar-refractivity contribution in [3.8, 4) is 0 Å². The smallest absolute Gasteiger partial charge is 0.273 e. The molecule has 1 fully saturated rings. The average molecular weight is 371 g/mol. The third-order valence-electron chi connectivity index (χ3n) is 5.17. The van der Waals surface area contributed by atoms with Crippen LogP contribution in [0.5, 0.6) is 0 Å². The van der Waals surface area contributed by atoms with E-state index in [1.54, 1.807) is 6.07 Å². The minimum atomic E-state index is -0.476. The molecular weight excluding hydrogens is 346 g/mol. The maximum absolute atomic E-state index is 11.6. The van der Waals surface area contributed by atoms with E-state index in [-0.39, 0.29) is 22.4 Å². The van der Waals surface area contributed by atoms with Gasteiger partial charge in [-0.15, -0.1) is 0 Å². The second-order valence-corrected chi connectivity index (χ2v) is 7.44. The van der Waals surface area contributed by atoms with E-state index in [4.69, 9.17) is 5.73 Å². The summed E-state index contributed by atoms with van der Waals surface area (Å²) in [6, 6.07) is 5.51. The number of nitrogens with one attached hydrogen (secondary N) is 1. The molecule has 1 saturated heterocycles. The first kappa shape index (κ1) is 19.0. The van der Waals surface area contributed by atoms with E-state index in [1.807, 2.05) is 26.0 Å². The van der Waals surface area contributed by atoms with Gasteiger partial charge in [0.2, 0.25) is 0 Å². The lowest BCUT2D eigenvalue weighted by molar-refractivity contribution is -0.385. The van der Waals surface area contributed by atoms with Crippen LogP contribution in [0.15, 0.2) is 24.4 Å². The number of primary amides is 1. The van der Waals surface area contributed by atoms with Gasteiger partial charge in [-0.3, -0.25) is 24.9 Å². The van der Waals surface area contributed by atoms with E-state index in [0.717, 1.165) is 42.8 Å². The van der Waals surface area contributed by atoms with Gasteiger partial charge in [-0.1, -0.05) is 26.0 Å². The molecule has 1 aromatic carbocycles. The fourth-order valence-electron chi connectivity index (χ4n) is 3.83. The van der Waals surface area contributed by atoms with Crippen molar-refractivity contribution in [2.75, 3.05) is 13.1 Å². The van der Waals surface area contributed by atoms with Crippen LogP contribution in [0.1, 0.15) is 65.7 Å². The number of carbonyl (C=O) groups is 1. The van der Waals surface area contributed by atoms with E-state index in [9.17, 15) is 14.9 Å². The molecule has 1 amide bonds. The molecule has 3 rings (SSSR count). The number of carbonyl (C=O) groups excluding carboxylic acids is 1. The Bertz CT molecular complexity index is 846. The van der Waals surface area contributed by atoms with Gasteiger partial charge < -0.3 is 5.73 Å². The first-order valence-electron chi connectivity index (χ1n) is 9.19. The zero-order valence-electron chi connectivity index (χ0n) is 15.6. The molecule has 0 saturated carbocycles. The number of nitrogens with zero attached hydrogens (tertiary/aromatic N) is 3. The van der Waals surface area contributed by atoms with Crippen LogP contribution in [0, 0.1) is 10.1 Å². The van der Waals surface area contributed by atoms with Crippen LogP contribution in [-0.4, -0.2) is 39.0 Å². The molecule has 144 valence electrons. The number of nitro groups is 1. The number of benzene rings is 1. The Kier molecular flexibility index (Phi) is 5.55. The number of hydrogen-bond donors (Lipinski definition) is 2. The highest BCUT2D eigenvalue weighted by Crippen LogP contribution is 2.31. The molecule has 0 radical (unpaired) electrons. The van der Waals surface area contributed by atoms with Crippen LogP contribution in [0.4, 0.5) is 5.69 Å². The van der Waals surface area contributed by atoms with Crippen molar-refractivity contribution in [1.29, 1.82) is 0 Å². The molecule has 0 aliphatic carbocycles. The Labute approximate surface area is 157 Å². The number of hydrogen-bond acceptors (Lipinski definition) is 5. The van der Waals surface area contributed by atoms with Gasteiger partial charge in [-0.05, 0) is 30.9 Å². The van der Waals surface area contributed by atoms with Crippen LogP contribution in [0.3, 0.4) is 0 Å². The van der Waals surface area contributed by atoms with E-state index in [0.29, 0.717) is 12.1 Å². The normalized spacial score (nSPS) is 18.0. The molecule has 1 aliphatic heterocycles. The van der Waals surface area contributed by atoms with Crippen molar-refractivity contribution < 1.29 is 9.72 Å². The molecule has 1 aromatic heterocycles. The number of nitrogens with two attached hydrogens (primary N) is 1. The third kappa shape index (κ3) is 4.16. The number of rotatable bonds is 6. The highest BCUT2D eigenvalue weighted by molar-refractivity contribution is 5.93. The number of aromatic nitrogens is 2. The summed E-state index contributed by atoms with van der Waals surface area (Å²) in [5, 5.41) is 18.3. The Morgan fingerprint density at radius 1 is 1.48 bits per heavy atom. The standard InChI is InChI=1S/C19H25N5O3/c1-12(2)15-6-5-13(8-17(15)24(26)27)10-23-7-3-4-14(11-23)18-16(19(20)25)9-21-22-18/h5-6,8-9,12,14H,3-4,7,10-11H2,1-2H3,(H2,20,25)(H,21,22)/t14-/m0/s1. The number of piperidine rings is 1. The summed E-state index contributed by atoms with van der Waals surface area (Å²) in [7, 11) is 0. The lowest BCUT2D eigenvalue weighted by Crippen LogP contribution is -2.34. The van der Waals surface area contributed by atoms with E-state index in [1.165, 1.54) is 6.20 Å². The number of aromatic amines is 1. The zero-order valence-corrected chi connectivity index (χ0v) is 15.6. The second kappa shape index (κ2) is 7.87. The van der Waals surface area contributed by atoms with Gasteiger partial charge in [0.25, 0.3) is 11.6 Å². The molecule has 0 spiro atoms. The van der Waals surface area contributed by atoms with Crippen LogP contribution in [0.2, 0.25) is 0 Å².